The number of nitrogens with zero attached hydrogens (tertiary/aromatic N) is 2. The maximum absolute atomic E-state index is 12.3. The van der Waals surface area contributed by atoms with Crippen LogP contribution in [0.2, 0.25) is 0 Å². The number of aromatic nitrogens is 2. The summed E-state index contributed by atoms with van der Waals surface area (Å²) in [5.74, 6) is 1.29. The van der Waals surface area contributed by atoms with Crippen LogP contribution in [0.4, 0.5) is 0 Å². The average molecular weight is 322 g/mol. The Labute approximate surface area is 141 Å². The fraction of sp³-hybridized carbons (Fsp3) is 0.300. The van der Waals surface area contributed by atoms with Gasteiger partial charge in [0.25, 0.3) is 5.56 Å². The second-order valence-corrected chi connectivity index (χ2v) is 6.16. The molecule has 0 saturated carbocycles. The molecule has 3 rings (SSSR count). The van der Waals surface area contributed by atoms with Crippen LogP contribution in [0.15, 0.2) is 53.5 Å². The van der Waals surface area contributed by atoms with Crippen LogP contribution in [0.1, 0.15) is 43.0 Å². The number of hydrogen-bond acceptors (Lipinski definition) is 3. The monoisotopic (exact) mass is 322 g/mol. The first-order chi connectivity index (χ1) is 11.6. The van der Waals surface area contributed by atoms with Crippen molar-refractivity contribution in [1.82, 2.24) is 9.38 Å². The Morgan fingerprint density at radius 1 is 1.21 bits per heavy atom. The molecule has 4 heteroatoms. The molecule has 2 heterocycles. The van der Waals surface area contributed by atoms with E-state index < -0.39 is 0 Å². The van der Waals surface area contributed by atoms with E-state index >= 15 is 0 Å². The first-order valence-corrected chi connectivity index (χ1v) is 8.29. The van der Waals surface area contributed by atoms with Gasteiger partial charge in [-0.25, -0.2) is 4.98 Å². The molecule has 4 nitrogen and oxygen atoms in total. The van der Waals surface area contributed by atoms with Gasteiger partial charge in [-0.3, -0.25) is 9.20 Å². The molecule has 1 unspecified atom stereocenters. The van der Waals surface area contributed by atoms with Crippen molar-refractivity contribution >= 4 is 5.65 Å². The third kappa shape index (κ3) is 3.32. The van der Waals surface area contributed by atoms with Gasteiger partial charge in [0.1, 0.15) is 18.0 Å². The second kappa shape index (κ2) is 6.87. The lowest BCUT2D eigenvalue weighted by atomic mass is 9.98. The summed E-state index contributed by atoms with van der Waals surface area (Å²) in [6, 6.07) is 13.4. The van der Waals surface area contributed by atoms with Crippen molar-refractivity contribution in [3.8, 4) is 5.75 Å². The predicted octanol–water partition coefficient (Wildman–Crippen LogP) is 4.10. The molecule has 124 valence electrons. The summed E-state index contributed by atoms with van der Waals surface area (Å²) in [6.45, 7) is 6.59. The summed E-state index contributed by atoms with van der Waals surface area (Å²) < 4.78 is 7.52. The van der Waals surface area contributed by atoms with Gasteiger partial charge in [-0.1, -0.05) is 38.1 Å². The van der Waals surface area contributed by atoms with Crippen molar-refractivity contribution in [2.45, 2.75) is 39.7 Å². The summed E-state index contributed by atoms with van der Waals surface area (Å²) >= 11 is 0. The van der Waals surface area contributed by atoms with Gasteiger partial charge >= 0.3 is 0 Å². The third-order valence-corrected chi connectivity index (χ3v) is 4.30. The molecule has 0 saturated heterocycles. The minimum Gasteiger partial charge on any atom is -0.487 e. The van der Waals surface area contributed by atoms with Crippen LogP contribution in [0.3, 0.4) is 0 Å². The lowest BCUT2D eigenvalue weighted by Crippen LogP contribution is -2.16. The zero-order valence-electron chi connectivity index (χ0n) is 14.3. The molecule has 0 aliphatic heterocycles. The van der Waals surface area contributed by atoms with Crippen LogP contribution in [0, 0.1) is 6.92 Å². The quantitative estimate of drug-likeness (QED) is 0.710. The Kier molecular flexibility index (Phi) is 4.65. The van der Waals surface area contributed by atoms with E-state index in [0.717, 1.165) is 17.7 Å². The van der Waals surface area contributed by atoms with E-state index in [9.17, 15) is 4.79 Å². The van der Waals surface area contributed by atoms with Crippen molar-refractivity contribution in [1.29, 1.82) is 0 Å². The topological polar surface area (TPSA) is 43.6 Å². The van der Waals surface area contributed by atoms with Gasteiger partial charge in [-0.05, 0) is 42.5 Å². The molecule has 24 heavy (non-hydrogen) atoms. The first-order valence-electron chi connectivity index (χ1n) is 8.29. The van der Waals surface area contributed by atoms with E-state index in [1.165, 1.54) is 11.6 Å². The standard InChI is InChI=1S/C20H22N2O2/c1-4-15(3)17-7-5-6-8-18(17)24-13-16-11-20(23)22-12-14(2)9-10-19(22)21-16/h5-12,15H,4,13H2,1-3H3. The summed E-state index contributed by atoms with van der Waals surface area (Å²) in [7, 11) is 0. The largest absolute Gasteiger partial charge is 0.487 e. The van der Waals surface area contributed by atoms with E-state index in [1.54, 1.807) is 10.6 Å². The molecule has 0 aliphatic rings. The van der Waals surface area contributed by atoms with Crippen LogP contribution in [-0.4, -0.2) is 9.38 Å². The lowest BCUT2D eigenvalue weighted by molar-refractivity contribution is 0.296. The van der Waals surface area contributed by atoms with Gasteiger partial charge in [0, 0.05) is 12.3 Å². The van der Waals surface area contributed by atoms with Crippen molar-refractivity contribution in [3.05, 3.63) is 75.8 Å². The molecule has 2 aromatic heterocycles. The number of para-hydroxylation sites is 1. The molecule has 1 aromatic carbocycles. The zero-order chi connectivity index (χ0) is 17.1. The van der Waals surface area contributed by atoms with Crippen LogP contribution < -0.4 is 10.3 Å². The Balaban J connectivity index is 1.87. The van der Waals surface area contributed by atoms with Crippen molar-refractivity contribution in [2.75, 3.05) is 0 Å². The Hall–Kier alpha value is -2.62. The summed E-state index contributed by atoms with van der Waals surface area (Å²) in [4.78, 5) is 16.8. The van der Waals surface area contributed by atoms with Crippen LogP contribution in [-0.2, 0) is 6.61 Å². The zero-order valence-corrected chi connectivity index (χ0v) is 14.3. The van der Waals surface area contributed by atoms with E-state index in [1.807, 2.05) is 37.3 Å². The first kappa shape index (κ1) is 16.2. The fourth-order valence-corrected chi connectivity index (χ4v) is 2.72. The molecule has 0 spiro atoms. The van der Waals surface area contributed by atoms with Crippen LogP contribution >= 0.6 is 0 Å². The number of rotatable bonds is 5. The SMILES string of the molecule is CCC(C)c1ccccc1OCc1cc(=O)n2cc(C)ccc2n1. The third-order valence-electron chi connectivity index (χ3n) is 4.30. The number of ether oxygens (including phenoxy) is 1. The van der Waals surface area contributed by atoms with E-state index in [0.29, 0.717) is 17.3 Å². The molecular formula is C20H22N2O2. The van der Waals surface area contributed by atoms with Gasteiger partial charge in [0.05, 0.1) is 5.69 Å². The highest BCUT2D eigenvalue weighted by Crippen LogP contribution is 2.28. The highest BCUT2D eigenvalue weighted by molar-refractivity contribution is 5.40. The van der Waals surface area contributed by atoms with Crippen LogP contribution in [0.5, 0.6) is 5.75 Å². The highest BCUT2D eigenvalue weighted by Gasteiger charge is 2.10. The van der Waals surface area contributed by atoms with Crippen molar-refractivity contribution in [3.63, 3.8) is 0 Å². The summed E-state index contributed by atoms with van der Waals surface area (Å²) in [5.41, 5.74) is 3.41. The van der Waals surface area contributed by atoms with Crippen LogP contribution in [0.25, 0.3) is 5.65 Å². The van der Waals surface area contributed by atoms with Gasteiger partial charge in [-0.15, -0.1) is 0 Å². The molecule has 0 amide bonds. The van der Waals surface area contributed by atoms with E-state index in [2.05, 4.69) is 24.9 Å². The summed E-state index contributed by atoms with van der Waals surface area (Å²) in [5, 5.41) is 0. The van der Waals surface area contributed by atoms with Gasteiger partial charge < -0.3 is 4.74 Å². The fourth-order valence-electron chi connectivity index (χ4n) is 2.72. The minimum atomic E-state index is -0.0856. The number of fused-ring (bicyclic) bond motifs is 1. The maximum atomic E-state index is 12.3. The van der Waals surface area contributed by atoms with Crippen molar-refractivity contribution in [2.24, 2.45) is 0 Å². The summed E-state index contributed by atoms with van der Waals surface area (Å²) in [6.07, 6.45) is 2.85. The normalized spacial score (nSPS) is 12.3. The maximum Gasteiger partial charge on any atom is 0.258 e. The smallest absolute Gasteiger partial charge is 0.258 e. The van der Waals surface area contributed by atoms with Gasteiger partial charge in [0.15, 0.2) is 0 Å². The Morgan fingerprint density at radius 2 is 2.00 bits per heavy atom. The Morgan fingerprint density at radius 3 is 2.79 bits per heavy atom. The number of benzene rings is 1. The number of pyridine rings is 1. The minimum absolute atomic E-state index is 0.0856. The Bertz CT molecular complexity index is 915. The number of aryl methyl sites for hydroxylation is 1. The molecule has 0 fully saturated rings. The molecule has 0 aliphatic carbocycles. The molecule has 0 bridgehead atoms. The second-order valence-electron chi connectivity index (χ2n) is 6.16. The van der Waals surface area contributed by atoms with E-state index in [-0.39, 0.29) is 12.2 Å². The van der Waals surface area contributed by atoms with E-state index in [4.69, 9.17) is 4.74 Å². The molecule has 1 atom stereocenters. The molecule has 3 aromatic rings. The molecular weight excluding hydrogens is 300 g/mol. The predicted molar refractivity (Wildman–Crippen MR) is 95.7 cm³/mol. The number of hydrogen-bond donors (Lipinski definition) is 0. The lowest BCUT2D eigenvalue weighted by Gasteiger charge is -2.15. The molecule has 0 N–H and O–H groups in total. The van der Waals surface area contributed by atoms with Gasteiger partial charge in [0.2, 0.25) is 0 Å². The molecule has 0 radical (unpaired) electrons. The van der Waals surface area contributed by atoms with Crippen molar-refractivity contribution < 1.29 is 4.74 Å². The average Bonchev–Trinajstić information content (AvgIpc) is 2.60. The highest BCUT2D eigenvalue weighted by atomic mass is 16.5. The van der Waals surface area contributed by atoms with Gasteiger partial charge in [-0.2, -0.15) is 0 Å².